The molecule has 1 aromatic rings. The number of hydrogen-bond donors (Lipinski definition) is 3. The Labute approximate surface area is 110 Å². The van der Waals surface area contributed by atoms with Crippen molar-refractivity contribution in [3.63, 3.8) is 0 Å². The number of benzene rings is 1. The van der Waals surface area contributed by atoms with Crippen molar-refractivity contribution in [3.8, 4) is 0 Å². The van der Waals surface area contributed by atoms with E-state index in [1.807, 2.05) is 13.8 Å². The van der Waals surface area contributed by atoms with Crippen molar-refractivity contribution in [2.75, 3.05) is 17.4 Å². The van der Waals surface area contributed by atoms with Crippen LogP contribution in [0, 0.1) is 6.92 Å². The van der Waals surface area contributed by atoms with Crippen LogP contribution >= 0.6 is 0 Å². The van der Waals surface area contributed by atoms with E-state index in [2.05, 4.69) is 10.7 Å². The lowest BCUT2D eigenvalue weighted by Crippen LogP contribution is -2.36. The van der Waals surface area contributed by atoms with Gasteiger partial charge in [-0.1, -0.05) is 0 Å². The minimum absolute atomic E-state index is 0.116. The molecule has 1 aromatic carbocycles. The molecular formula is C12H19N3O2S. The van der Waals surface area contributed by atoms with Gasteiger partial charge in [0.2, 0.25) is 0 Å². The third-order valence-electron chi connectivity index (χ3n) is 2.50. The van der Waals surface area contributed by atoms with E-state index >= 15 is 0 Å². The van der Waals surface area contributed by atoms with E-state index < -0.39 is 10.8 Å². The Bertz CT molecular complexity index is 463. The van der Waals surface area contributed by atoms with Gasteiger partial charge < -0.3 is 10.7 Å². The van der Waals surface area contributed by atoms with Crippen LogP contribution in [0.1, 0.15) is 22.8 Å². The van der Waals surface area contributed by atoms with Crippen LogP contribution in [0.25, 0.3) is 0 Å². The van der Waals surface area contributed by atoms with Crippen LogP contribution in [0.4, 0.5) is 5.69 Å². The van der Waals surface area contributed by atoms with Gasteiger partial charge in [-0.3, -0.25) is 14.8 Å². The Kier molecular flexibility index (Phi) is 5.30. The molecular weight excluding hydrogens is 250 g/mol. The Morgan fingerprint density at radius 2 is 2.17 bits per heavy atom. The SMILES string of the molecule is Cc1cc(NN)ccc1C(=O)NC(C)CS(C)=O. The highest BCUT2D eigenvalue weighted by Gasteiger charge is 2.13. The normalized spacial score (nSPS) is 13.8. The predicted molar refractivity (Wildman–Crippen MR) is 74.9 cm³/mol. The number of carbonyl (C=O) groups is 1. The highest BCUT2D eigenvalue weighted by molar-refractivity contribution is 7.84. The smallest absolute Gasteiger partial charge is 0.251 e. The molecule has 2 atom stereocenters. The molecule has 0 fully saturated rings. The maximum atomic E-state index is 12.0. The highest BCUT2D eigenvalue weighted by Crippen LogP contribution is 2.14. The van der Waals surface area contributed by atoms with Crippen molar-refractivity contribution in [3.05, 3.63) is 29.3 Å². The Hall–Kier alpha value is -1.40. The van der Waals surface area contributed by atoms with Crippen molar-refractivity contribution < 1.29 is 9.00 Å². The lowest BCUT2D eigenvalue weighted by atomic mass is 10.1. The summed E-state index contributed by atoms with van der Waals surface area (Å²) in [6, 6.07) is 5.15. The van der Waals surface area contributed by atoms with Gasteiger partial charge in [-0.05, 0) is 37.6 Å². The first-order chi connectivity index (χ1) is 8.43. The van der Waals surface area contributed by atoms with Crippen LogP contribution in [-0.4, -0.2) is 28.2 Å². The fourth-order valence-electron chi connectivity index (χ4n) is 1.70. The molecule has 0 heterocycles. The second kappa shape index (κ2) is 6.51. The molecule has 0 aliphatic rings. The number of anilines is 1. The summed E-state index contributed by atoms with van der Waals surface area (Å²) in [5.74, 6) is 5.59. The molecule has 4 N–H and O–H groups in total. The number of nitrogens with two attached hydrogens (primary N) is 1. The summed E-state index contributed by atoms with van der Waals surface area (Å²) in [5, 5.41) is 2.82. The van der Waals surface area contributed by atoms with E-state index in [1.54, 1.807) is 24.5 Å². The number of rotatable bonds is 5. The van der Waals surface area contributed by atoms with Crippen LogP contribution < -0.4 is 16.6 Å². The van der Waals surface area contributed by atoms with Gasteiger partial charge >= 0.3 is 0 Å². The number of hydrazine groups is 1. The number of nitrogens with one attached hydrogen (secondary N) is 2. The number of hydrogen-bond acceptors (Lipinski definition) is 4. The lowest BCUT2D eigenvalue weighted by Gasteiger charge is -2.14. The largest absolute Gasteiger partial charge is 0.349 e. The van der Waals surface area contributed by atoms with E-state index in [0.717, 1.165) is 11.3 Å². The van der Waals surface area contributed by atoms with Gasteiger partial charge in [0.1, 0.15) is 0 Å². The monoisotopic (exact) mass is 269 g/mol. The molecule has 0 aliphatic carbocycles. The van der Waals surface area contributed by atoms with E-state index in [9.17, 15) is 9.00 Å². The molecule has 0 spiro atoms. The maximum absolute atomic E-state index is 12.0. The van der Waals surface area contributed by atoms with Crippen molar-refractivity contribution in [1.82, 2.24) is 5.32 Å². The zero-order valence-corrected chi connectivity index (χ0v) is 11.6. The first kappa shape index (κ1) is 14.7. The molecule has 5 nitrogen and oxygen atoms in total. The maximum Gasteiger partial charge on any atom is 0.251 e. The first-order valence-electron chi connectivity index (χ1n) is 5.62. The fourth-order valence-corrected chi connectivity index (χ4v) is 2.49. The van der Waals surface area contributed by atoms with Crippen molar-refractivity contribution in [1.29, 1.82) is 0 Å². The average Bonchev–Trinajstić information content (AvgIpc) is 2.27. The van der Waals surface area contributed by atoms with E-state index in [4.69, 9.17) is 5.84 Å². The zero-order chi connectivity index (χ0) is 13.7. The molecule has 0 aliphatic heterocycles. The van der Waals surface area contributed by atoms with Crippen LogP contribution in [0.15, 0.2) is 18.2 Å². The Balaban J connectivity index is 2.75. The molecule has 0 saturated carbocycles. The average molecular weight is 269 g/mol. The summed E-state index contributed by atoms with van der Waals surface area (Å²) in [7, 11) is -0.920. The molecule has 0 bridgehead atoms. The molecule has 1 rings (SSSR count). The van der Waals surface area contributed by atoms with Crippen molar-refractivity contribution in [2.45, 2.75) is 19.9 Å². The summed E-state index contributed by atoms with van der Waals surface area (Å²) >= 11 is 0. The van der Waals surface area contributed by atoms with Crippen LogP contribution in [0.2, 0.25) is 0 Å². The first-order valence-corrected chi connectivity index (χ1v) is 7.35. The van der Waals surface area contributed by atoms with Gasteiger partial charge in [-0.15, -0.1) is 0 Å². The molecule has 0 saturated heterocycles. The van der Waals surface area contributed by atoms with Crippen LogP contribution in [0.5, 0.6) is 0 Å². The number of nitrogen functional groups attached to an aromatic ring is 1. The third kappa shape index (κ3) is 4.12. The second-order valence-electron chi connectivity index (χ2n) is 4.29. The molecule has 2 unspecified atom stereocenters. The van der Waals surface area contributed by atoms with Gasteiger partial charge in [0.25, 0.3) is 5.91 Å². The lowest BCUT2D eigenvalue weighted by molar-refractivity contribution is 0.0943. The van der Waals surface area contributed by atoms with E-state index in [-0.39, 0.29) is 11.9 Å². The van der Waals surface area contributed by atoms with Crippen LogP contribution in [0.3, 0.4) is 0 Å². The zero-order valence-electron chi connectivity index (χ0n) is 10.8. The van der Waals surface area contributed by atoms with Gasteiger partial charge in [0.15, 0.2) is 0 Å². The summed E-state index contributed by atoms with van der Waals surface area (Å²) in [5.41, 5.74) is 4.73. The molecule has 18 heavy (non-hydrogen) atoms. The molecule has 100 valence electrons. The quantitative estimate of drug-likeness (QED) is 0.545. The molecule has 6 heteroatoms. The summed E-state index contributed by atoms with van der Waals surface area (Å²) in [6.07, 6.45) is 1.62. The van der Waals surface area contributed by atoms with Gasteiger partial charge in [0, 0.05) is 40.1 Å². The third-order valence-corrected chi connectivity index (χ3v) is 3.47. The molecule has 1 amide bonds. The van der Waals surface area contributed by atoms with Crippen LogP contribution in [-0.2, 0) is 10.8 Å². The van der Waals surface area contributed by atoms with Crippen molar-refractivity contribution in [2.24, 2.45) is 5.84 Å². The Morgan fingerprint density at radius 1 is 1.50 bits per heavy atom. The summed E-state index contributed by atoms with van der Waals surface area (Å²) in [4.78, 5) is 12.0. The highest BCUT2D eigenvalue weighted by atomic mass is 32.2. The summed E-state index contributed by atoms with van der Waals surface area (Å²) in [6.45, 7) is 3.68. The number of carbonyl (C=O) groups excluding carboxylic acids is 1. The molecule has 0 radical (unpaired) electrons. The van der Waals surface area contributed by atoms with Gasteiger partial charge in [-0.25, -0.2) is 0 Å². The van der Waals surface area contributed by atoms with Gasteiger partial charge in [0.05, 0.1) is 0 Å². The van der Waals surface area contributed by atoms with Gasteiger partial charge in [-0.2, -0.15) is 0 Å². The topological polar surface area (TPSA) is 84.2 Å². The fraction of sp³-hybridized carbons (Fsp3) is 0.417. The summed E-state index contributed by atoms with van der Waals surface area (Å²) < 4.78 is 11.1. The standard InChI is InChI=1S/C12H19N3O2S/c1-8-6-10(15-13)4-5-11(8)12(16)14-9(2)7-18(3)17/h4-6,9,15H,7,13H2,1-3H3,(H,14,16). The Morgan fingerprint density at radius 3 is 2.67 bits per heavy atom. The van der Waals surface area contributed by atoms with Crippen molar-refractivity contribution >= 4 is 22.4 Å². The second-order valence-corrected chi connectivity index (χ2v) is 5.77. The minimum Gasteiger partial charge on any atom is -0.349 e. The number of amides is 1. The minimum atomic E-state index is -0.920. The number of aryl methyl sites for hydroxylation is 1. The predicted octanol–water partition coefficient (Wildman–Crippen LogP) is 0.777. The van der Waals surface area contributed by atoms with E-state index in [1.165, 1.54) is 0 Å². The molecule has 0 aromatic heterocycles. The van der Waals surface area contributed by atoms with E-state index in [0.29, 0.717) is 11.3 Å².